The zero-order valence-electron chi connectivity index (χ0n) is 8.46. The summed E-state index contributed by atoms with van der Waals surface area (Å²) in [6.07, 6.45) is 0. The number of benzene rings is 1. The molecule has 0 bridgehead atoms. The van der Waals surface area contributed by atoms with E-state index < -0.39 is 29.5 Å². The molecule has 1 rings (SSSR count). The third-order valence-corrected chi connectivity index (χ3v) is 1.95. The first-order chi connectivity index (χ1) is 7.41. The lowest BCUT2D eigenvalue weighted by atomic mass is 10.2. The number of amides is 2. The van der Waals surface area contributed by atoms with Crippen molar-refractivity contribution in [3.05, 3.63) is 35.4 Å². The van der Waals surface area contributed by atoms with Gasteiger partial charge in [-0.3, -0.25) is 9.59 Å². The number of primary amides is 1. The van der Waals surface area contributed by atoms with Crippen LogP contribution in [0.1, 0.15) is 17.3 Å². The van der Waals surface area contributed by atoms with Crippen molar-refractivity contribution in [2.45, 2.75) is 13.0 Å². The zero-order valence-corrected chi connectivity index (χ0v) is 8.46. The van der Waals surface area contributed by atoms with Gasteiger partial charge < -0.3 is 11.1 Å². The molecule has 0 aliphatic heterocycles. The van der Waals surface area contributed by atoms with E-state index in [1.165, 1.54) is 6.92 Å². The van der Waals surface area contributed by atoms with Gasteiger partial charge in [-0.2, -0.15) is 0 Å². The molecule has 1 aromatic carbocycles. The summed E-state index contributed by atoms with van der Waals surface area (Å²) in [5.74, 6) is -3.33. The first-order valence-electron chi connectivity index (χ1n) is 4.47. The molecule has 0 spiro atoms. The Balaban J connectivity index is 2.85. The van der Waals surface area contributed by atoms with Crippen molar-refractivity contribution in [3.8, 4) is 0 Å². The molecule has 0 aromatic heterocycles. The van der Waals surface area contributed by atoms with Crippen LogP contribution in [0.5, 0.6) is 0 Å². The molecule has 3 N–H and O–H groups in total. The SMILES string of the molecule is CC(NC(=O)c1ccc(F)cc1F)C(N)=O. The van der Waals surface area contributed by atoms with E-state index in [9.17, 15) is 18.4 Å². The van der Waals surface area contributed by atoms with E-state index in [4.69, 9.17) is 5.73 Å². The minimum absolute atomic E-state index is 0.338. The first kappa shape index (κ1) is 12.1. The highest BCUT2D eigenvalue weighted by atomic mass is 19.1. The van der Waals surface area contributed by atoms with Gasteiger partial charge in [-0.05, 0) is 19.1 Å². The van der Waals surface area contributed by atoms with E-state index >= 15 is 0 Å². The van der Waals surface area contributed by atoms with Gasteiger partial charge in [0.1, 0.15) is 17.7 Å². The van der Waals surface area contributed by atoms with Crippen LogP contribution in [0, 0.1) is 11.6 Å². The molecule has 0 saturated heterocycles. The average Bonchev–Trinajstić information content (AvgIpc) is 2.16. The fraction of sp³-hybridized carbons (Fsp3) is 0.200. The lowest BCUT2D eigenvalue weighted by molar-refractivity contribution is -0.119. The highest BCUT2D eigenvalue weighted by Crippen LogP contribution is 2.09. The Morgan fingerprint density at radius 3 is 2.50 bits per heavy atom. The van der Waals surface area contributed by atoms with Crippen LogP contribution in [0.3, 0.4) is 0 Å². The number of carbonyl (C=O) groups is 2. The van der Waals surface area contributed by atoms with Gasteiger partial charge in [0.05, 0.1) is 5.56 Å². The van der Waals surface area contributed by atoms with Crippen LogP contribution in [-0.4, -0.2) is 17.9 Å². The van der Waals surface area contributed by atoms with E-state index in [0.29, 0.717) is 6.07 Å². The van der Waals surface area contributed by atoms with Gasteiger partial charge in [-0.25, -0.2) is 8.78 Å². The number of rotatable bonds is 3. The van der Waals surface area contributed by atoms with E-state index in [0.717, 1.165) is 12.1 Å². The smallest absolute Gasteiger partial charge is 0.254 e. The van der Waals surface area contributed by atoms with Gasteiger partial charge in [0.2, 0.25) is 5.91 Å². The maximum absolute atomic E-state index is 13.1. The maximum atomic E-state index is 13.1. The third-order valence-electron chi connectivity index (χ3n) is 1.95. The molecule has 0 aliphatic rings. The molecule has 0 radical (unpaired) electrons. The van der Waals surface area contributed by atoms with E-state index in [1.54, 1.807) is 0 Å². The number of nitrogens with two attached hydrogens (primary N) is 1. The van der Waals surface area contributed by atoms with E-state index in [2.05, 4.69) is 5.32 Å². The van der Waals surface area contributed by atoms with Crippen LogP contribution in [0.2, 0.25) is 0 Å². The Hall–Kier alpha value is -1.98. The summed E-state index contributed by atoms with van der Waals surface area (Å²) in [7, 11) is 0. The van der Waals surface area contributed by atoms with Crippen molar-refractivity contribution < 1.29 is 18.4 Å². The predicted octanol–water partition coefficient (Wildman–Crippen LogP) is 0.568. The topological polar surface area (TPSA) is 72.2 Å². The predicted molar refractivity (Wildman–Crippen MR) is 52.5 cm³/mol. The molecule has 0 fully saturated rings. The number of hydrogen-bond acceptors (Lipinski definition) is 2. The van der Waals surface area contributed by atoms with Crippen LogP contribution >= 0.6 is 0 Å². The minimum atomic E-state index is -0.992. The van der Waals surface area contributed by atoms with E-state index in [-0.39, 0.29) is 5.56 Å². The molecule has 2 amide bonds. The first-order valence-corrected chi connectivity index (χ1v) is 4.47. The highest BCUT2D eigenvalue weighted by molar-refractivity contribution is 5.97. The zero-order chi connectivity index (χ0) is 12.3. The third kappa shape index (κ3) is 2.75. The number of carbonyl (C=O) groups excluding carboxylic acids is 2. The molecule has 1 atom stereocenters. The second-order valence-electron chi connectivity index (χ2n) is 3.22. The summed E-state index contributed by atoms with van der Waals surface area (Å²) in [4.78, 5) is 22.1. The maximum Gasteiger partial charge on any atom is 0.254 e. The number of halogens is 2. The van der Waals surface area contributed by atoms with Crippen molar-refractivity contribution in [1.82, 2.24) is 5.32 Å². The van der Waals surface area contributed by atoms with Crippen molar-refractivity contribution in [3.63, 3.8) is 0 Å². The monoisotopic (exact) mass is 228 g/mol. The summed E-state index contributed by atoms with van der Waals surface area (Å²) < 4.78 is 25.7. The molecule has 1 unspecified atom stereocenters. The van der Waals surface area contributed by atoms with Gasteiger partial charge in [-0.15, -0.1) is 0 Å². The molecular weight excluding hydrogens is 218 g/mol. The van der Waals surface area contributed by atoms with Gasteiger partial charge in [0.25, 0.3) is 5.91 Å². The Labute approximate surface area is 90.4 Å². The normalized spacial score (nSPS) is 11.9. The molecular formula is C10H10F2N2O2. The van der Waals surface area contributed by atoms with Crippen molar-refractivity contribution in [1.29, 1.82) is 0 Å². The number of hydrogen-bond donors (Lipinski definition) is 2. The van der Waals surface area contributed by atoms with Crippen LogP contribution in [-0.2, 0) is 4.79 Å². The van der Waals surface area contributed by atoms with Gasteiger partial charge in [0, 0.05) is 6.07 Å². The fourth-order valence-corrected chi connectivity index (χ4v) is 1.02. The summed E-state index contributed by atoms with van der Waals surface area (Å²) in [5, 5.41) is 2.18. The average molecular weight is 228 g/mol. The van der Waals surface area contributed by atoms with Crippen LogP contribution in [0.25, 0.3) is 0 Å². The summed E-state index contributed by atoms with van der Waals surface area (Å²) in [5.41, 5.74) is 4.58. The highest BCUT2D eigenvalue weighted by Gasteiger charge is 2.16. The number of nitrogens with one attached hydrogen (secondary N) is 1. The minimum Gasteiger partial charge on any atom is -0.368 e. The Kier molecular flexibility index (Phi) is 3.55. The summed E-state index contributed by atoms with van der Waals surface area (Å²) in [6.45, 7) is 1.36. The largest absolute Gasteiger partial charge is 0.368 e. The Bertz CT molecular complexity index is 435. The molecule has 0 saturated carbocycles. The van der Waals surface area contributed by atoms with Gasteiger partial charge >= 0.3 is 0 Å². The van der Waals surface area contributed by atoms with Crippen molar-refractivity contribution in [2.24, 2.45) is 5.73 Å². The summed E-state index contributed by atoms with van der Waals surface area (Å²) >= 11 is 0. The van der Waals surface area contributed by atoms with Crippen molar-refractivity contribution >= 4 is 11.8 Å². The standard InChI is InChI=1S/C10H10F2N2O2/c1-5(9(13)15)14-10(16)7-3-2-6(11)4-8(7)12/h2-5H,1H3,(H2,13,15)(H,14,16). The van der Waals surface area contributed by atoms with Crippen LogP contribution in [0.15, 0.2) is 18.2 Å². The molecule has 16 heavy (non-hydrogen) atoms. The fourth-order valence-electron chi connectivity index (χ4n) is 1.02. The van der Waals surface area contributed by atoms with Crippen molar-refractivity contribution in [2.75, 3.05) is 0 Å². The molecule has 0 heterocycles. The molecule has 0 aliphatic carbocycles. The van der Waals surface area contributed by atoms with E-state index in [1.807, 2.05) is 0 Å². The molecule has 4 nitrogen and oxygen atoms in total. The van der Waals surface area contributed by atoms with Gasteiger partial charge in [-0.1, -0.05) is 0 Å². The molecule has 86 valence electrons. The van der Waals surface area contributed by atoms with Crippen LogP contribution < -0.4 is 11.1 Å². The summed E-state index contributed by atoms with van der Waals surface area (Å²) in [6, 6.07) is 1.61. The lowest BCUT2D eigenvalue weighted by Crippen LogP contribution is -2.42. The second kappa shape index (κ2) is 4.69. The second-order valence-corrected chi connectivity index (χ2v) is 3.22. The van der Waals surface area contributed by atoms with Crippen LogP contribution in [0.4, 0.5) is 8.78 Å². The Morgan fingerprint density at radius 1 is 1.38 bits per heavy atom. The molecule has 1 aromatic rings. The lowest BCUT2D eigenvalue weighted by Gasteiger charge is -2.10. The molecule has 6 heteroatoms. The van der Waals surface area contributed by atoms with Gasteiger partial charge in [0.15, 0.2) is 0 Å². The quantitative estimate of drug-likeness (QED) is 0.793. The Morgan fingerprint density at radius 2 is 2.00 bits per heavy atom.